The van der Waals surface area contributed by atoms with Gasteiger partial charge < -0.3 is 16.0 Å². The molecule has 24 heavy (non-hydrogen) atoms. The number of nitrogens with zero attached hydrogens (tertiary/aromatic N) is 1. The monoisotopic (exact) mass is 352 g/mol. The number of guanidine groups is 1. The van der Waals surface area contributed by atoms with Crippen molar-refractivity contribution in [3.8, 4) is 0 Å². The van der Waals surface area contributed by atoms with Crippen LogP contribution in [0.15, 0.2) is 22.5 Å². The van der Waals surface area contributed by atoms with E-state index in [1.54, 1.807) is 11.3 Å². The molecule has 0 aliphatic rings. The van der Waals surface area contributed by atoms with Crippen molar-refractivity contribution in [2.75, 3.05) is 26.2 Å². The fourth-order valence-electron chi connectivity index (χ4n) is 2.05. The summed E-state index contributed by atoms with van der Waals surface area (Å²) in [6.45, 7) is 12.9. The zero-order chi connectivity index (χ0) is 18.0. The van der Waals surface area contributed by atoms with E-state index in [-0.39, 0.29) is 11.3 Å². The number of carbonyl (C=O) groups excluding carboxylic acids is 1. The number of hydrogen-bond acceptors (Lipinski definition) is 3. The van der Waals surface area contributed by atoms with Crippen molar-refractivity contribution in [1.82, 2.24) is 16.0 Å². The lowest BCUT2D eigenvalue weighted by atomic mass is 9.96. The summed E-state index contributed by atoms with van der Waals surface area (Å²) in [5.41, 5.74) is -0.351. The van der Waals surface area contributed by atoms with Gasteiger partial charge in [0.15, 0.2) is 5.96 Å². The van der Waals surface area contributed by atoms with Gasteiger partial charge >= 0.3 is 0 Å². The fraction of sp³-hybridized carbons (Fsp3) is 0.667. The molecule has 1 unspecified atom stereocenters. The average molecular weight is 353 g/mol. The summed E-state index contributed by atoms with van der Waals surface area (Å²) < 4.78 is 0. The second-order valence-electron chi connectivity index (χ2n) is 7.04. The molecule has 1 rings (SSSR count). The molecule has 0 saturated heterocycles. The average Bonchev–Trinajstić information content (AvgIpc) is 3.00. The normalized spacial score (nSPS) is 13.5. The highest BCUT2D eigenvalue weighted by Crippen LogP contribution is 2.14. The van der Waals surface area contributed by atoms with Gasteiger partial charge in [0.1, 0.15) is 0 Å². The minimum atomic E-state index is -0.351. The lowest BCUT2D eigenvalue weighted by Crippen LogP contribution is -2.43. The van der Waals surface area contributed by atoms with E-state index in [1.807, 2.05) is 27.7 Å². The Labute approximate surface area is 150 Å². The van der Waals surface area contributed by atoms with Gasteiger partial charge in [0.2, 0.25) is 5.91 Å². The Kier molecular flexibility index (Phi) is 8.82. The van der Waals surface area contributed by atoms with Crippen LogP contribution in [0.2, 0.25) is 0 Å². The van der Waals surface area contributed by atoms with Crippen molar-refractivity contribution in [3.05, 3.63) is 22.4 Å². The molecule has 6 heteroatoms. The van der Waals surface area contributed by atoms with Crippen molar-refractivity contribution >= 4 is 23.2 Å². The van der Waals surface area contributed by atoms with Crippen LogP contribution in [0.4, 0.5) is 0 Å². The van der Waals surface area contributed by atoms with E-state index in [9.17, 15) is 4.79 Å². The van der Waals surface area contributed by atoms with Crippen LogP contribution in [0, 0.1) is 11.3 Å². The SMILES string of the molecule is CCNC(=NCC(C)Cc1cccs1)NCCNC(=O)C(C)(C)C. The van der Waals surface area contributed by atoms with Gasteiger partial charge in [-0.05, 0) is 30.7 Å². The number of thiophene rings is 1. The quantitative estimate of drug-likeness (QED) is 0.383. The van der Waals surface area contributed by atoms with Crippen LogP contribution >= 0.6 is 11.3 Å². The summed E-state index contributed by atoms with van der Waals surface area (Å²) in [4.78, 5) is 17.9. The molecule has 5 nitrogen and oxygen atoms in total. The van der Waals surface area contributed by atoms with Crippen LogP contribution < -0.4 is 16.0 Å². The first-order valence-corrected chi connectivity index (χ1v) is 9.53. The van der Waals surface area contributed by atoms with Gasteiger partial charge in [-0.3, -0.25) is 9.79 Å². The summed E-state index contributed by atoms with van der Waals surface area (Å²) in [7, 11) is 0. The molecule has 1 aromatic heterocycles. The maximum absolute atomic E-state index is 11.8. The van der Waals surface area contributed by atoms with Gasteiger partial charge in [0.05, 0.1) is 0 Å². The number of hydrogen-bond donors (Lipinski definition) is 3. The summed E-state index contributed by atoms with van der Waals surface area (Å²) in [5, 5.41) is 11.6. The zero-order valence-corrected chi connectivity index (χ0v) is 16.4. The Morgan fingerprint density at radius 1 is 1.25 bits per heavy atom. The summed E-state index contributed by atoms with van der Waals surface area (Å²) >= 11 is 1.80. The zero-order valence-electron chi connectivity index (χ0n) is 15.6. The minimum absolute atomic E-state index is 0.0656. The molecule has 0 aliphatic heterocycles. The van der Waals surface area contributed by atoms with Crippen molar-refractivity contribution in [2.45, 2.75) is 41.0 Å². The molecule has 1 amide bonds. The maximum Gasteiger partial charge on any atom is 0.225 e. The van der Waals surface area contributed by atoms with Gasteiger partial charge in [0, 0.05) is 36.5 Å². The van der Waals surface area contributed by atoms with E-state index in [1.165, 1.54) is 4.88 Å². The number of nitrogens with one attached hydrogen (secondary N) is 3. The van der Waals surface area contributed by atoms with E-state index < -0.39 is 0 Å². The third-order valence-corrected chi connectivity index (χ3v) is 4.32. The molecule has 0 aromatic carbocycles. The highest BCUT2D eigenvalue weighted by atomic mass is 32.1. The van der Waals surface area contributed by atoms with Gasteiger partial charge in [0.25, 0.3) is 0 Å². The molecule has 3 N–H and O–H groups in total. The highest BCUT2D eigenvalue weighted by Gasteiger charge is 2.20. The fourth-order valence-corrected chi connectivity index (χ4v) is 2.92. The first-order valence-electron chi connectivity index (χ1n) is 8.65. The first-order chi connectivity index (χ1) is 11.3. The Balaban J connectivity index is 2.35. The smallest absolute Gasteiger partial charge is 0.225 e. The first kappa shape index (κ1) is 20.5. The Bertz CT molecular complexity index is 506. The standard InChI is InChI=1S/C18H32N4OS/c1-6-19-17(21-10-9-20-16(23)18(3,4)5)22-13-14(2)12-15-8-7-11-24-15/h7-8,11,14H,6,9-10,12-13H2,1-5H3,(H,20,23)(H2,19,21,22). The Morgan fingerprint density at radius 3 is 2.54 bits per heavy atom. The maximum atomic E-state index is 11.8. The molecule has 0 bridgehead atoms. The molecule has 1 heterocycles. The topological polar surface area (TPSA) is 65.5 Å². The van der Waals surface area contributed by atoms with Crippen LogP contribution in [-0.4, -0.2) is 38.0 Å². The van der Waals surface area contributed by atoms with Crippen LogP contribution in [-0.2, 0) is 11.2 Å². The molecule has 0 radical (unpaired) electrons. The van der Waals surface area contributed by atoms with Crippen LogP contribution in [0.25, 0.3) is 0 Å². The lowest BCUT2D eigenvalue weighted by Gasteiger charge is -2.18. The van der Waals surface area contributed by atoms with Crippen molar-refractivity contribution in [1.29, 1.82) is 0 Å². The highest BCUT2D eigenvalue weighted by molar-refractivity contribution is 7.09. The molecule has 1 aromatic rings. The molecular weight excluding hydrogens is 320 g/mol. The molecule has 0 fully saturated rings. The summed E-state index contributed by atoms with van der Waals surface area (Å²) in [6.07, 6.45) is 1.06. The number of aliphatic imine (C=N–C) groups is 1. The van der Waals surface area contributed by atoms with Crippen LogP contribution in [0.3, 0.4) is 0 Å². The summed E-state index contributed by atoms with van der Waals surface area (Å²) in [6, 6.07) is 4.26. The second-order valence-corrected chi connectivity index (χ2v) is 8.07. The summed E-state index contributed by atoms with van der Waals surface area (Å²) in [5.74, 6) is 1.37. The second kappa shape index (κ2) is 10.3. The van der Waals surface area contributed by atoms with E-state index in [0.717, 1.165) is 25.5 Å². The van der Waals surface area contributed by atoms with Crippen LogP contribution in [0.1, 0.15) is 39.5 Å². The van der Waals surface area contributed by atoms with Crippen LogP contribution in [0.5, 0.6) is 0 Å². The molecular formula is C18H32N4OS. The van der Waals surface area contributed by atoms with Crippen molar-refractivity contribution < 1.29 is 4.79 Å². The van der Waals surface area contributed by atoms with Crippen molar-refractivity contribution in [2.24, 2.45) is 16.3 Å². The van der Waals surface area contributed by atoms with Gasteiger partial charge in [-0.1, -0.05) is 33.8 Å². The largest absolute Gasteiger partial charge is 0.357 e. The number of rotatable bonds is 8. The Morgan fingerprint density at radius 2 is 1.96 bits per heavy atom. The lowest BCUT2D eigenvalue weighted by molar-refractivity contribution is -0.128. The number of amides is 1. The molecule has 0 saturated carbocycles. The third kappa shape index (κ3) is 8.34. The Hall–Kier alpha value is -1.56. The van der Waals surface area contributed by atoms with E-state index in [0.29, 0.717) is 19.0 Å². The van der Waals surface area contributed by atoms with Gasteiger partial charge in [-0.2, -0.15) is 0 Å². The minimum Gasteiger partial charge on any atom is -0.357 e. The van der Waals surface area contributed by atoms with Gasteiger partial charge in [-0.25, -0.2) is 0 Å². The predicted molar refractivity (Wildman–Crippen MR) is 104 cm³/mol. The molecule has 0 spiro atoms. The van der Waals surface area contributed by atoms with Gasteiger partial charge in [-0.15, -0.1) is 11.3 Å². The third-order valence-electron chi connectivity index (χ3n) is 3.42. The molecule has 136 valence electrons. The van der Waals surface area contributed by atoms with E-state index in [2.05, 4.69) is 45.4 Å². The van der Waals surface area contributed by atoms with Crippen molar-refractivity contribution in [3.63, 3.8) is 0 Å². The number of carbonyl (C=O) groups is 1. The molecule has 0 aliphatic carbocycles. The van der Waals surface area contributed by atoms with E-state index >= 15 is 0 Å². The predicted octanol–water partition coefficient (Wildman–Crippen LogP) is 2.64. The van der Waals surface area contributed by atoms with E-state index in [4.69, 9.17) is 0 Å². The molecule has 1 atom stereocenters.